The van der Waals surface area contributed by atoms with Gasteiger partial charge in [-0.05, 0) is 124 Å². The molecule has 2 spiro atoms. The van der Waals surface area contributed by atoms with Crippen LogP contribution in [-0.2, 0) is 33.2 Å². The van der Waals surface area contributed by atoms with Crippen LogP contribution >= 0.6 is 0 Å². The highest BCUT2D eigenvalue weighted by Gasteiger charge is 2.85. The Hall–Kier alpha value is -0.720. The molecule has 26 atom stereocenters. The highest BCUT2D eigenvalue weighted by Crippen LogP contribution is 2.89. The zero-order valence-corrected chi connectivity index (χ0v) is 39.2. The summed E-state index contributed by atoms with van der Waals surface area (Å²) in [4.78, 5) is 0. The van der Waals surface area contributed by atoms with Gasteiger partial charge in [0, 0.05) is 5.92 Å². The molecule has 11 N–H and O–H groups in total. The van der Waals surface area contributed by atoms with Crippen LogP contribution in [0.25, 0.3) is 0 Å². The van der Waals surface area contributed by atoms with Crippen molar-refractivity contribution >= 4 is 0 Å². The van der Waals surface area contributed by atoms with E-state index >= 15 is 0 Å². The van der Waals surface area contributed by atoms with Gasteiger partial charge in [-0.1, -0.05) is 27.7 Å². The van der Waals surface area contributed by atoms with Gasteiger partial charge in [-0.25, -0.2) is 0 Å². The van der Waals surface area contributed by atoms with Crippen molar-refractivity contribution in [1.29, 1.82) is 0 Å². The second-order valence-corrected chi connectivity index (χ2v) is 23.8. The van der Waals surface area contributed by atoms with E-state index in [9.17, 15) is 56.2 Å². The van der Waals surface area contributed by atoms with Gasteiger partial charge >= 0.3 is 0 Å². The van der Waals surface area contributed by atoms with E-state index in [1.807, 2.05) is 13.8 Å². The number of hydrogen-bond acceptors (Lipinski definition) is 18. The van der Waals surface area contributed by atoms with Crippen molar-refractivity contribution < 1.29 is 89.3 Å². The minimum absolute atomic E-state index is 0.0486. The average Bonchev–Trinajstić information content (AvgIpc) is 3.60. The molecule has 4 aliphatic heterocycles. The molecule has 4 heterocycles. The van der Waals surface area contributed by atoms with E-state index in [2.05, 4.69) is 34.6 Å². The molecule has 0 aromatic rings. The molecule has 0 amide bonds. The third kappa shape index (κ3) is 7.15. The maximum Gasteiger partial charge on any atom is 0.187 e. The number of hydrogen-bond donors (Lipinski definition) is 11. The summed E-state index contributed by atoms with van der Waals surface area (Å²) in [5, 5.41) is 119. The zero-order chi connectivity index (χ0) is 47.4. The molecule has 0 radical (unpaired) electrons. The Bertz CT molecular complexity index is 1750. The lowest BCUT2D eigenvalue weighted by Gasteiger charge is -2.64. The lowest BCUT2D eigenvalue weighted by atomic mass is 9.41. The maximum absolute atomic E-state index is 12.5. The third-order valence-electron chi connectivity index (χ3n) is 19.8. The standard InChI is InChI=1S/C47H78O18/c1-20-28(52)31(55)33(57)38(60-20)63-35-29(53)23(51)18-59-40(35)62-26-10-12-47-19-46(47)14-13-43(6)37(22(50)16-44(43,7)25(46)15-21(49)36(47)41(26,2)3)45(8)11-9-27(64-45)42(4,5)65-39-34(58)32(56)30(54)24(17-48)61-39/h20-40,48-58H,9-19H2,1-8H3/t20-,21-,22+,23+,24-,25-,26-,27-,28-,29+,30+,31+,32-,33+,34+,35+,36+,37-,38+,39-,40+,43+,44+,45-,46-,47+/m1/s1. The predicted octanol–water partition coefficient (Wildman–Crippen LogP) is -0.424. The van der Waals surface area contributed by atoms with E-state index in [0.29, 0.717) is 32.1 Å². The molecule has 65 heavy (non-hydrogen) atoms. The van der Waals surface area contributed by atoms with Crippen LogP contribution in [0.3, 0.4) is 0 Å². The van der Waals surface area contributed by atoms with Crippen LogP contribution in [0, 0.1) is 44.8 Å². The fraction of sp³-hybridized carbons (Fsp3) is 1.00. The largest absolute Gasteiger partial charge is 0.394 e. The van der Waals surface area contributed by atoms with Crippen LogP contribution in [0.4, 0.5) is 0 Å². The summed E-state index contributed by atoms with van der Waals surface area (Å²) in [5.41, 5.74) is -3.24. The number of fused-ring (bicyclic) bond motifs is 2. The van der Waals surface area contributed by atoms with Gasteiger partial charge in [-0.2, -0.15) is 0 Å². The normalized spacial score (nSPS) is 58.7. The molecule has 0 bridgehead atoms. The fourth-order valence-electron chi connectivity index (χ4n) is 16.4. The van der Waals surface area contributed by atoms with Crippen molar-refractivity contribution in [3.05, 3.63) is 0 Å². The first kappa shape index (κ1) is 49.3. The van der Waals surface area contributed by atoms with Crippen molar-refractivity contribution in [3.8, 4) is 0 Å². The minimum atomic E-state index is -1.64. The van der Waals surface area contributed by atoms with Crippen molar-refractivity contribution in [2.75, 3.05) is 13.2 Å². The van der Waals surface area contributed by atoms with Gasteiger partial charge in [0.2, 0.25) is 0 Å². The smallest absolute Gasteiger partial charge is 0.187 e. The Morgan fingerprint density at radius 2 is 1.31 bits per heavy atom. The molecular formula is C47H78O18. The Morgan fingerprint density at radius 3 is 2.00 bits per heavy atom. The molecule has 4 saturated heterocycles. The predicted molar refractivity (Wildman–Crippen MR) is 225 cm³/mol. The number of aliphatic hydroxyl groups excluding tert-OH is 11. The number of rotatable bonds is 9. The SMILES string of the molecule is C[C@H]1O[C@@H](O[C@@H]2[C@H](O[C@@H]3CC[C@@]45C[C@@]46CC[C@@]4(C)[C@H]([C@@]7(C)CC[C@H](C(C)(C)O[C@H]8O[C@H](CO)[C@H](O)[C@@H](O)[C@@H]8O)O7)[C@@H](O)C[C@@]4(C)[C@H]6C[C@@H](O)[C@H]5C3(C)C)OC[C@H](O)[C@@H]2O)[C@@H](O)[C@@H](O)[C@@H]1O. The van der Waals surface area contributed by atoms with Gasteiger partial charge in [0.05, 0.1) is 54.9 Å². The van der Waals surface area contributed by atoms with Gasteiger partial charge < -0.3 is 89.3 Å². The Labute approximate surface area is 381 Å². The molecule has 0 aromatic heterocycles. The van der Waals surface area contributed by atoms with E-state index in [1.165, 1.54) is 6.92 Å². The van der Waals surface area contributed by atoms with E-state index < -0.39 is 134 Å². The van der Waals surface area contributed by atoms with Crippen molar-refractivity contribution in [1.82, 2.24) is 0 Å². The Morgan fingerprint density at radius 1 is 0.631 bits per heavy atom. The lowest BCUT2D eigenvalue weighted by Crippen LogP contribution is -2.64. The summed E-state index contributed by atoms with van der Waals surface area (Å²) < 4.78 is 43.4. The van der Waals surface area contributed by atoms with Crippen molar-refractivity contribution in [2.24, 2.45) is 44.8 Å². The molecule has 374 valence electrons. The van der Waals surface area contributed by atoms with Crippen LogP contribution in [-0.4, -0.2) is 191 Å². The van der Waals surface area contributed by atoms with E-state index in [0.717, 1.165) is 25.7 Å². The first-order chi connectivity index (χ1) is 30.2. The van der Waals surface area contributed by atoms with Crippen molar-refractivity contribution in [2.45, 2.75) is 235 Å². The van der Waals surface area contributed by atoms with E-state index in [1.54, 1.807) is 0 Å². The van der Waals surface area contributed by atoms with Crippen LogP contribution in [0.1, 0.15) is 113 Å². The molecule has 9 aliphatic rings. The summed E-state index contributed by atoms with van der Waals surface area (Å²) in [5.74, 6) is -0.234. The van der Waals surface area contributed by atoms with Crippen LogP contribution in [0.5, 0.6) is 0 Å². The summed E-state index contributed by atoms with van der Waals surface area (Å²) >= 11 is 0. The van der Waals surface area contributed by atoms with Crippen LogP contribution in [0.2, 0.25) is 0 Å². The van der Waals surface area contributed by atoms with Crippen molar-refractivity contribution in [3.63, 3.8) is 0 Å². The topological polar surface area (TPSA) is 287 Å². The van der Waals surface area contributed by atoms with Gasteiger partial charge in [0.1, 0.15) is 61.0 Å². The highest BCUT2D eigenvalue weighted by atomic mass is 16.8. The fourth-order valence-corrected chi connectivity index (χ4v) is 16.4. The molecule has 0 unspecified atom stereocenters. The van der Waals surface area contributed by atoms with Crippen LogP contribution < -0.4 is 0 Å². The molecule has 9 fully saturated rings. The quantitative estimate of drug-likeness (QED) is 0.131. The Kier molecular flexibility index (Phi) is 12.4. The average molecular weight is 931 g/mol. The van der Waals surface area contributed by atoms with E-state index in [4.69, 9.17) is 33.2 Å². The molecule has 9 rings (SSSR count). The van der Waals surface area contributed by atoms with Gasteiger partial charge in [-0.15, -0.1) is 0 Å². The number of ether oxygens (including phenoxy) is 7. The lowest BCUT2D eigenvalue weighted by molar-refractivity contribution is -0.364. The molecule has 18 nitrogen and oxygen atoms in total. The Balaban J connectivity index is 0.908. The summed E-state index contributed by atoms with van der Waals surface area (Å²) in [6.07, 6.45) is -14.9. The summed E-state index contributed by atoms with van der Waals surface area (Å²) in [7, 11) is 0. The second kappa shape index (κ2) is 16.4. The van der Waals surface area contributed by atoms with Crippen LogP contribution in [0.15, 0.2) is 0 Å². The molecule has 5 saturated carbocycles. The first-order valence-electron chi connectivity index (χ1n) is 24.2. The summed E-state index contributed by atoms with van der Waals surface area (Å²) in [6, 6.07) is 0. The minimum Gasteiger partial charge on any atom is -0.394 e. The summed E-state index contributed by atoms with van der Waals surface area (Å²) in [6.45, 7) is 15.4. The first-order valence-corrected chi connectivity index (χ1v) is 24.2. The van der Waals surface area contributed by atoms with Gasteiger partial charge in [0.25, 0.3) is 0 Å². The second-order valence-electron chi connectivity index (χ2n) is 23.8. The van der Waals surface area contributed by atoms with E-state index in [-0.39, 0.29) is 46.0 Å². The molecule has 5 aliphatic carbocycles. The zero-order valence-electron chi connectivity index (χ0n) is 39.2. The molecule has 18 heteroatoms. The van der Waals surface area contributed by atoms with Gasteiger partial charge in [-0.3, -0.25) is 0 Å². The molecule has 0 aromatic carbocycles. The molecular weight excluding hydrogens is 852 g/mol. The maximum atomic E-state index is 12.5. The third-order valence-corrected chi connectivity index (χ3v) is 19.8. The van der Waals surface area contributed by atoms with Gasteiger partial charge in [0.15, 0.2) is 18.9 Å². The monoisotopic (exact) mass is 931 g/mol. The number of aliphatic hydroxyl groups is 11. The highest BCUT2D eigenvalue weighted by molar-refractivity contribution is 5.33.